The Labute approximate surface area is 116 Å². The van der Waals surface area contributed by atoms with Crippen LogP contribution in [0.3, 0.4) is 0 Å². The molecule has 0 aliphatic heterocycles. The topological polar surface area (TPSA) is 21.3 Å². The van der Waals surface area contributed by atoms with E-state index in [-0.39, 0.29) is 0 Å². The van der Waals surface area contributed by atoms with Gasteiger partial charge in [-0.3, -0.25) is 0 Å². The lowest BCUT2D eigenvalue weighted by atomic mass is 10.2. The first-order chi connectivity index (χ1) is 8.70. The lowest BCUT2D eigenvalue weighted by molar-refractivity contribution is 0.412. The van der Waals surface area contributed by atoms with Crippen LogP contribution in [0.2, 0.25) is 0 Å². The molecule has 0 atom stereocenters. The van der Waals surface area contributed by atoms with Crippen molar-refractivity contribution in [3.05, 3.63) is 58.1 Å². The summed E-state index contributed by atoms with van der Waals surface area (Å²) in [6.07, 6.45) is 0. The Morgan fingerprint density at radius 1 is 1.17 bits per heavy atom. The standard InChI is InChI=1S/C15H16BrNO/c1-11-9-13(7-8-15(11)18-2)17-10-12-5-3-4-6-14(12)16/h3-9,17H,10H2,1-2H3. The third kappa shape index (κ3) is 3.05. The highest BCUT2D eigenvalue weighted by Gasteiger charge is 2.01. The van der Waals surface area contributed by atoms with E-state index < -0.39 is 0 Å². The fraction of sp³-hybridized carbons (Fsp3) is 0.200. The van der Waals surface area contributed by atoms with Crippen LogP contribution in [0.15, 0.2) is 46.9 Å². The molecular formula is C15H16BrNO. The van der Waals surface area contributed by atoms with Gasteiger partial charge >= 0.3 is 0 Å². The highest BCUT2D eigenvalue weighted by molar-refractivity contribution is 9.10. The second-order valence-corrected chi connectivity index (χ2v) is 4.98. The molecule has 3 heteroatoms. The zero-order valence-corrected chi connectivity index (χ0v) is 12.1. The van der Waals surface area contributed by atoms with Crippen LogP contribution >= 0.6 is 15.9 Å². The van der Waals surface area contributed by atoms with Crippen LogP contribution in [-0.4, -0.2) is 7.11 Å². The van der Waals surface area contributed by atoms with Gasteiger partial charge in [-0.25, -0.2) is 0 Å². The predicted molar refractivity (Wildman–Crippen MR) is 79.2 cm³/mol. The maximum absolute atomic E-state index is 5.25. The Bertz CT molecular complexity index is 540. The van der Waals surface area contributed by atoms with Crippen LogP contribution in [0.25, 0.3) is 0 Å². The molecule has 0 saturated heterocycles. The third-order valence-electron chi connectivity index (χ3n) is 2.84. The fourth-order valence-electron chi connectivity index (χ4n) is 1.83. The number of hydrogen-bond donors (Lipinski definition) is 1. The van der Waals surface area contributed by atoms with Gasteiger partial charge in [0.2, 0.25) is 0 Å². The first-order valence-electron chi connectivity index (χ1n) is 5.82. The minimum atomic E-state index is 0.799. The smallest absolute Gasteiger partial charge is 0.121 e. The summed E-state index contributed by atoms with van der Waals surface area (Å²) in [7, 11) is 1.69. The molecule has 0 aromatic heterocycles. The van der Waals surface area contributed by atoms with Crippen LogP contribution in [-0.2, 0) is 6.54 Å². The average Bonchev–Trinajstić information content (AvgIpc) is 2.38. The second-order valence-electron chi connectivity index (χ2n) is 4.13. The van der Waals surface area contributed by atoms with Gasteiger partial charge < -0.3 is 10.1 Å². The van der Waals surface area contributed by atoms with Gasteiger partial charge in [0.15, 0.2) is 0 Å². The van der Waals surface area contributed by atoms with E-state index in [1.807, 2.05) is 31.2 Å². The number of ether oxygens (including phenoxy) is 1. The summed E-state index contributed by atoms with van der Waals surface area (Å²) in [5.74, 6) is 0.918. The molecule has 0 fully saturated rings. The number of hydrogen-bond acceptors (Lipinski definition) is 2. The largest absolute Gasteiger partial charge is 0.496 e. The number of rotatable bonds is 4. The highest BCUT2D eigenvalue weighted by Crippen LogP contribution is 2.23. The van der Waals surface area contributed by atoms with Crippen molar-refractivity contribution in [3.8, 4) is 5.75 Å². The Balaban J connectivity index is 2.07. The lowest BCUT2D eigenvalue weighted by Crippen LogP contribution is -2.00. The van der Waals surface area contributed by atoms with E-state index in [1.54, 1.807) is 7.11 Å². The van der Waals surface area contributed by atoms with Crippen molar-refractivity contribution in [2.75, 3.05) is 12.4 Å². The minimum Gasteiger partial charge on any atom is -0.496 e. The quantitative estimate of drug-likeness (QED) is 0.905. The summed E-state index contributed by atoms with van der Waals surface area (Å²) in [4.78, 5) is 0. The van der Waals surface area contributed by atoms with Crippen molar-refractivity contribution >= 4 is 21.6 Å². The van der Waals surface area contributed by atoms with E-state index >= 15 is 0 Å². The molecule has 2 aromatic rings. The molecule has 18 heavy (non-hydrogen) atoms. The SMILES string of the molecule is COc1ccc(NCc2ccccc2Br)cc1C. The summed E-state index contributed by atoms with van der Waals surface area (Å²) in [6.45, 7) is 2.84. The van der Waals surface area contributed by atoms with E-state index in [4.69, 9.17) is 4.74 Å². The van der Waals surface area contributed by atoms with Crippen molar-refractivity contribution in [2.45, 2.75) is 13.5 Å². The Morgan fingerprint density at radius 3 is 2.61 bits per heavy atom. The molecule has 0 saturated carbocycles. The van der Waals surface area contributed by atoms with Gasteiger partial charge in [0, 0.05) is 16.7 Å². The number of nitrogens with one attached hydrogen (secondary N) is 1. The molecule has 0 bridgehead atoms. The average molecular weight is 306 g/mol. The van der Waals surface area contributed by atoms with Crippen LogP contribution < -0.4 is 10.1 Å². The van der Waals surface area contributed by atoms with Crippen molar-refractivity contribution in [1.82, 2.24) is 0 Å². The molecule has 2 aromatic carbocycles. The number of benzene rings is 2. The van der Waals surface area contributed by atoms with E-state index in [9.17, 15) is 0 Å². The van der Waals surface area contributed by atoms with Crippen LogP contribution in [0.5, 0.6) is 5.75 Å². The molecule has 0 amide bonds. The van der Waals surface area contributed by atoms with Gasteiger partial charge in [-0.2, -0.15) is 0 Å². The second kappa shape index (κ2) is 5.91. The predicted octanol–water partition coefficient (Wildman–Crippen LogP) is 4.38. The number of aryl methyl sites for hydroxylation is 1. The molecule has 0 spiro atoms. The third-order valence-corrected chi connectivity index (χ3v) is 3.61. The van der Waals surface area contributed by atoms with Crippen molar-refractivity contribution in [3.63, 3.8) is 0 Å². The summed E-state index contributed by atoms with van der Waals surface area (Å²) < 4.78 is 6.37. The van der Waals surface area contributed by atoms with Crippen molar-refractivity contribution in [2.24, 2.45) is 0 Å². The minimum absolute atomic E-state index is 0.799. The van der Waals surface area contributed by atoms with Crippen molar-refractivity contribution in [1.29, 1.82) is 0 Å². The molecule has 2 nitrogen and oxygen atoms in total. The highest BCUT2D eigenvalue weighted by atomic mass is 79.9. The summed E-state index contributed by atoms with van der Waals surface area (Å²) in [5.41, 5.74) is 3.48. The van der Waals surface area contributed by atoms with Crippen LogP contribution in [0, 0.1) is 6.92 Å². The summed E-state index contributed by atoms with van der Waals surface area (Å²) >= 11 is 3.55. The van der Waals surface area contributed by atoms with Crippen LogP contribution in [0.1, 0.15) is 11.1 Å². The van der Waals surface area contributed by atoms with Gasteiger partial charge in [0.25, 0.3) is 0 Å². The van der Waals surface area contributed by atoms with E-state index in [0.717, 1.165) is 28.0 Å². The number of methoxy groups -OCH3 is 1. The molecular weight excluding hydrogens is 290 g/mol. The molecule has 0 unspecified atom stereocenters. The van der Waals surface area contributed by atoms with Crippen LogP contribution in [0.4, 0.5) is 5.69 Å². The Hall–Kier alpha value is -1.48. The van der Waals surface area contributed by atoms with Crippen molar-refractivity contribution < 1.29 is 4.74 Å². The van der Waals surface area contributed by atoms with Gasteiger partial charge in [0.05, 0.1) is 7.11 Å². The zero-order valence-electron chi connectivity index (χ0n) is 10.5. The molecule has 0 aliphatic carbocycles. The maximum Gasteiger partial charge on any atom is 0.121 e. The molecule has 94 valence electrons. The van der Waals surface area contributed by atoms with Gasteiger partial charge in [0.1, 0.15) is 5.75 Å². The zero-order chi connectivity index (χ0) is 13.0. The van der Waals surface area contributed by atoms with E-state index in [2.05, 4.69) is 39.4 Å². The summed E-state index contributed by atoms with van der Waals surface area (Å²) in [5, 5.41) is 3.41. The van der Waals surface area contributed by atoms with E-state index in [0.29, 0.717) is 0 Å². The van der Waals surface area contributed by atoms with Gasteiger partial charge in [-0.05, 0) is 42.3 Å². The van der Waals surface area contributed by atoms with E-state index in [1.165, 1.54) is 5.56 Å². The normalized spacial score (nSPS) is 10.2. The maximum atomic E-state index is 5.25. The molecule has 2 rings (SSSR count). The molecule has 0 heterocycles. The fourth-order valence-corrected chi connectivity index (χ4v) is 2.25. The number of halogens is 1. The number of anilines is 1. The monoisotopic (exact) mass is 305 g/mol. The van der Waals surface area contributed by atoms with Gasteiger partial charge in [-0.1, -0.05) is 34.1 Å². The first kappa shape index (κ1) is 13.0. The Kier molecular flexibility index (Phi) is 4.26. The Morgan fingerprint density at radius 2 is 1.94 bits per heavy atom. The molecule has 0 radical (unpaired) electrons. The molecule has 0 aliphatic rings. The summed E-state index contributed by atoms with van der Waals surface area (Å²) in [6, 6.07) is 14.3. The van der Waals surface area contributed by atoms with Gasteiger partial charge in [-0.15, -0.1) is 0 Å². The first-order valence-corrected chi connectivity index (χ1v) is 6.62. The lowest BCUT2D eigenvalue weighted by Gasteiger charge is -2.10. The molecule has 1 N–H and O–H groups in total.